The fourth-order valence-electron chi connectivity index (χ4n) is 12.2. The first-order valence-electron chi connectivity index (χ1n) is 23.6. The van der Waals surface area contributed by atoms with Gasteiger partial charge in [-0.15, -0.1) is 0 Å². The molecule has 0 atom stereocenters. The van der Waals surface area contributed by atoms with E-state index in [1.165, 1.54) is 77.5 Å². The van der Waals surface area contributed by atoms with Gasteiger partial charge in [0.2, 0.25) is 0 Å². The molecule has 11 aromatic carbocycles. The molecule has 14 rings (SSSR count). The summed E-state index contributed by atoms with van der Waals surface area (Å²) in [6.45, 7) is 0. The highest BCUT2D eigenvalue weighted by Gasteiger charge is 2.47. The van der Waals surface area contributed by atoms with Crippen LogP contribution in [0.4, 0.5) is 17.1 Å². The Kier molecular flexibility index (Phi) is 8.45. The molecule has 1 aromatic heterocycles. The minimum absolute atomic E-state index is 0.490. The summed E-state index contributed by atoms with van der Waals surface area (Å²) < 4.78 is 6.55. The van der Waals surface area contributed by atoms with Gasteiger partial charge in [-0.05, 0) is 132 Å². The van der Waals surface area contributed by atoms with Gasteiger partial charge in [0.05, 0.1) is 10.8 Å². The second-order valence-electron chi connectivity index (χ2n) is 18.3. The van der Waals surface area contributed by atoms with Crippen LogP contribution in [0.3, 0.4) is 0 Å². The zero-order valence-corrected chi connectivity index (χ0v) is 37.2. The van der Waals surface area contributed by atoms with Crippen LogP contribution in [-0.2, 0) is 10.8 Å². The molecule has 12 aromatic rings. The van der Waals surface area contributed by atoms with E-state index in [0.29, 0.717) is 0 Å². The van der Waals surface area contributed by atoms with E-state index in [0.717, 1.165) is 39.0 Å². The molecular weight excluding hydrogens is 823 g/mol. The first-order valence-corrected chi connectivity index (χ1v) is 23.6. The van der Waals surface area contributed by atoms with Crippen molar-refractivity contribution in [2.75, 3.05) is 4.90 Å². The average molecular weight is 866 g/mol. The molecule has 0 spiro atoms. The lowest BCUT2D eigenvalue weighted by Gasteiger charge is -2.35. The molecule has 2 nitrogen and oxygen atoms in total. The largest absolute Gasteiger partial charge is 0.456 e. The molecule has 0 amide bonds. The third-order valence-electron chi connectivity index (χ3n) is 15.0. The molecule has 2 aliphatic carbocycles. The molecule has 318 valence electrons. The Balaban J connectivity index is 0.970. The van der Waals surface area contributed by atoms with Gasteiger partial charge in [-0.3, -0.25) is 0 Å². The number of fused-ring (bicyclic) bond motifs is 10. The van der Waals surface area contributed by atoms with Crippen molar-refractivity contribution in [2.24, 2.45) is 0 Å². The maximum atomic E-state index is 6.55. The Morgan fingerprint density at radius 2 is 0.618 bits per heavy atom. The molecule has 0 bridgehead atoms. The summed E-state index contributed by atoms with van der Waals surface area (Å²) in [4.78, 5) is 2.41. The van der Waals surface area contributed by atoms with Gasteiger partial charge < -0.3 is 9.32 Å². The SMILES string of the molecule is c1ccc(C2(c3ccc(N(c4ccc(C5(c6ccccc6)c6ccccc6-c6ccccc65)cc4)c4ccc5oc6cc7ccccc7cc6c5c4)cc3)c3ccccc3-c3ccccc32)cc1. The van der Waals surface area contributed by atoms with Gasteiger partial charge in [-0.2, -0.15) is 0 Å². The smallest absolute Gasteiger partial charge is 0.136 e. The van der Waals surface area contributed by atoms with Gasteiger partial charge in [0.25, 0.3) is 0 Å². The second kappa shape index (κ2) is 14.9. The van der Waals surface area contributed by atoms with Gasteiger partial charge >= 0.3 is 0 Å². The molecule has 0 fully saturated rings. The number of anilines is 3. The first-order chi connectivity index (χ1) is 33.7. The highest BCUT2D eigenvalue weighted by molar-refractivity contribution is 6.11. The minimum atomic E-state index is -0.490. The number of benzene rings is 11. The van der Waals surface area contributed by atoms with Crippen molar-refractivity contribution in [3.8, 4) is 22.3 Å². The van der Waals surface area contributed by atoms with Gasteiger partial charge in [0.15, 0.2) is 0 Å². The van der Waals surface area contributed by atoms with Gasteiger partial charge in [-0.25, -0.2) is 0 Å². The van der Waals surface area contributed by atoms with Crippen LogP contribution in [0.1, 0.15) is 44.5 Å². The number of rotatable bonds is 7. The van der Waals surface area contributed by atoms with E-state index in [9.17, 15) is 0 Å². The van der Waals surface area contributed by atoms with E-state index in [2.05, 4.69) is 266 Å². The van der Waals surface area contributed by atoms with E-state index >= 15 is 0 Å². The molecule has 2 aliphatic rings. The highest BCUT2D eigenvalue weighted by atomic mass is 16.3. The summed E-state index contributed by atoms with van der Waals surface area (Å²) in [7, 11) is 0. The van der Waals surface area contributed by atoms with Crippen molar-refractivity contribution >= 4 is 49.8 Å². The van der Waals surface area contributed by atoms with Crippen LogP contribution in [0.2, 0.25) is 0 Å². The fraction of sp³-hybridized carbons (Fsp3) is 0.0303. The Bertz CT molecular complexity index is 3630. The zero-order chi connectivity index (χ0) is 44.8. The molecule has 0 unspecified atom stereocenters. The van der Waals surface area contributed by atoms with Crippen LogP contribution in [0.25, 0.3) is 55.0 Å². The molecule has 0 N–H and O–H groups in total. The van der Waals surface area contributed by atoms with E-state index in [1.54, 1.807) is 0 Å². The number of furan rings is 1. The third-order valence-corrected chi connectivity index (χ3v) is 15.0. The molecule has 1 heterocycles. The summed E-state index contributed by atoms with van der Waals surface area (Å²) >= 11 is 0. The van der Waals surface area contributed by atoms with Crippen LogP contribution >= 0.6 is 0 Å². The normalized spacial score (nSPS) is 13.8. The van der Waals surface area contributed by atoms with Crippen LogP contribution in [0.15, 0.2) is 265 Å². The van der Waals surface area contributed by atoms with Crippen LogP contribution < -0.4 is 4.90 Å². The van der Waals surface area contributed by atoms with Crippen molar-refractivity contribution in [2.45, 2.75) is 10.8 Å². The average Bonchev–Trinajstić information content (AvgIpc) is 4.03. The Morgan fingerprint density at radius 1 is 0.265 bits per heavy atom. The molecule has 0 radical (unpaired) electrons. The second-order valence-corrected chi connectivity index (χ2v) is 18.3. The topological polar surface area (TPSA) is 16.4 Å². The fourth-order valence-corrected chi connectivity index (χ4v) is 12.2. The molecular formula is C66H43NO. The van der Waals surface area contributed by atoms with Crippen LogP contribution in [0.5, 0.6) is 0 Å². The Morgan fingerprint density at radius 3 is 1.07 bits per heavy atom. The third kappa shape index (κ3) is 5.40. The minimum Gasteiger partial charge on any atom is -0.456 e. The number of hydrogen-bond acceptors (Lipinski definition) is 2. The lowest BCUT2D eigenvalue weighted by atomic mass is 9.67. The predicted molar refractivity (Wildman–Crippen MR) is 281 cm³/mol. The van der Waals surface area contributed by atoms with Gasteiger partial charge in [0, 0.05) is 27.8 Å². The van der Waals surface area contributed by atoms with Gasteiger partial charge in [0.1, 0.15) is 11.2 Å². The predicted octanol–water partition coefficient (Wildman–Crippen LogP) is 16.9. The summed E-state index contributed by atoms with van der Waals surface area (Å²) in [6, 6.07) is 96.2. The standard InChI is InChI=1S/C66H43NO/c1-3-19-46(20-4-1)65(59-27-13-9-23-53(59)54-24-10-14-28-60(54)65)48-31-35-50(36-32-48)67(52-39-40-63-58(43-52)57-41-44-17-7-8-18-45(44)42-64(57)68-63)51-37-33-49(34-38-51)66(47-21-5-2-6-22-47)61-29-15-11-25-55(61)56-26-12-16-30-62(56)66/h1-43H. The number of hydrogen-bond donors (Lipinski definition) is 0. The quantitative estimate of drug-likeness (QED) is 0.159. The van der Waals surface area contributed by atoms with E-state index in [-0.39, 0.29) is 0 Å². The van der Waals surface area contributed by atoms with Crippen LogP contribution in [-0.4, -0.2) is 0 Å². The lowest BCUT2D eigenvalue weighted by molar-refractivity contribution is 0.669. The molecule has 0 aliphatic heterocycles. The van der Waals surface area contributed by atoms with Crippen LogP contribution in [0, 0.1) is 0 Å². The van der Waals surface area contributed by atoms with E-state index in [4.69, 9.17) is 4.42 Å². The summed E-state index contributed by atoms with van der Waals surface area (Å²) in [5, 5.41) is 4.56. The maximum absolute atomic E-state index is 6.55. The zero-order valence-electron chi connectivity index (χ0n) is 37.2. The van der Waals surface area contributed by atoms with E-state index < -0.39 is 10.8 Å². The van der Waals surface area contributed by atoms with E-state index in [1.807, 2.05) is 0 Å². The van der Waals surface area contributed by atoms with Crippen molar-refractivity contribution < 1.29 is 4.42 Å². The Hall–Kier alpha value is -8.72. The van der Waals surface area contributed by atoms with Gasteiger partial charge in [-0.1, -0.05) is 206 Å². The lowest BCUT2D eigenvalue weighted by Crippen LogP contribution is -2.28. The molecule has 0 saturated carbocycles. The molecule has 2 heteroatoms. The van der Waals surface area contributed by atoms with Crippen molar-refractivity contribution in [3.63, 3.8) is 0 Å². The molecule has 0 saturated heterocycles. The number of nitrogens with zero attached hydrogens (tertiary/aromatic N) is 1. The molecule has 68 heavy (non-hydrogen) atoms. The summed E-state index contributed by atoms with van der Waals surface area (Å²) in [6.07, 6.45) is 0. The van der Waals surface area contributed by atoms with Crippen molar-refractivity contribution in [1.29, 1.82) is 0 Å². The first kappa shape index (κ1) is 38.5. The maximum Gasteiger partial charge on any atom is 0.136 e. The van der Waals surface area contributed by atoms with Crippen molar-refractivity contribution in [3.05, 3.63) is 305 Å². The highest BCUT2D eigenvalue weighted by Crippen LogP contribution is 2.58. The van der Waals surface area contributed by atoms with Crippen molar-refractivity contribution in [1.82, 2.24) is 0 Å². The Labute approximate surface area is 395 Å². The monoisotopic (exact) mass is 865 g/mol. The summed E-state index contributed by atoms with van der Waals surface area (Å²) in [5.41, 5.74) is 19.3. The summed E-state index contributed by atoms with van der Waals surface area (Å²) in [5.74, 6) is 0.